The molecule has 0 aliphatic carbocycles. The summed E-state index contributed by atoms with van der Waals surface area (Å²) >= 11 is 1.79. The monoisotopic (exact) mass is 1100 g/mol. The summed E-state index contributed by atoms with van der Waals surface area (Å²) in [5.41, 5.74) is 15.1. The molecule has 0 fully saturated rings. The average Bonchev–Trinajstić information content (AvgIpc) is 1.74. The summed E-state index contributed by atoms with van der Waals surface area (Å²) < 4.78 is 11.6. The van der Waals surface area contributed by atoms with Gasteiger partial charge in [-0.05, 0) is 81.6 Å². The molecule has 0 bridgehead atoms. The van der Waals surface area contributed by atoms with E-state index in [9.17, 15) is 10.5 Å². The van der Waals surface area contributed by atoms with Gasteiger partial charge in [0.15, 0.2) is 0 Å². The van der Waals surface area contributed by atoms with Crippen LogP contribution in [0.4, 0.5) is 0 Å². The SMILES string of the molecule is N#Cc1c(-n2c3ccccc3c3ccccc32)c(C#N)c(-n2c3ccccc3c3ccccc32)c(-n2c3cc(-c4c(-c5ccccc5)ccc5ccccc45)ccc3c3ccc4c5ccccc5sc4c32)c1-n1c2ccccc2c2ccccc21. The van der Waals surface area contributed by atoms with E-state index >= 15 is 0 Å². The lowest BCUT2D eigenvalue weighted by atomic mass is 9.89. The minimum Gasteiger partial charge on any atom is -0.306 e. The number of benzene rings is 13. The van der Waals surface area contributed by atoms with Gasteiger partial charge in [-0.15, -0.1) is 11.3 Å². The van der Waals surface area contributed by atoms with E-state index in [1.165, 1.54) is 10.1 Å². The van der Waals surface area contributed by atoms with Gasteiger partial charge in [0.1, 0.15) is 23.3 Å². The minimum atomic E-state index is 0.365. The maximum Gasteiger partial charge on any atom is 0.104 e. The Kier molecular flexibility index (Phi) is 10.00. The fraction of sp³-hybridized carbons (Fsp3) is 0. The molecule has 18 aromatic rings. The number of hydrogen-bond acceptors (Lipinski definition) is 3. The van der Waals surface area contributed by atoms with Gasteiger partial charge < -0.3 is 18.3 Å². The third-order valence-electron chi connectivity index (χ3n) is 17.8. The fourth-order valence-corrected chi connectivity index (χ4v) is 15.6. The van der Waals surface area contributed by atoms with E-state index in [2.05, 4.69) is 297 Å². The predicted molar refractivity (Wildman–Crippen MR) is 354 cm³/mol. The number of aromatic nitrogens is 4. The van der Waals surface area contributed by atoms with Crippen LogP contribution in [0.15, 0.2) is 267 Å². The summed E-state index contributed by atoms with van der Waals surface area (Å²) in [5.74, 6) is 0. The molecule has 18 rings (SSSR count). The molecule has 0 aliphatic rings. The van der Waals surface area contributed by atoms with Crippen LogP contribution in [0.5, 0.6) is 0 Å². The van der Waals surface area contributed by atoms with Crippen molar-refractivity contribution >= 4 is 130 Å². The van der Waals surface area contributed by atoms with Crippen molar-refractivity contribution < 1.29 is 0 Å². The fourth-order valence-electron chi connectivity index (χ4n) is 14.4. The van der Waals surface area contributed by atoms with Gasteiger partial charge in [-0.3, -0.25) is 0 Å². The third kappa shape index (κ3) is 6.50. The number of para-hydroxylation sites is 6. The molecule has 0 spiro atoms. The van der Waals surface area contributed by atoms with Crippen LogP contribution in [0.1, 0.15) is 11.1 Å². The lowest BCUT2D eigenvalue weighted by molar-refractivity contribution is 1.02. The van der Waals surface area contributed by atoms with Gasteiger partial charge in [-0.25, -0.2) is 0 Å². The maximum atomic E-state index is 12.8. The van der Waals surface area contributed by atoms with E-state index in [0.29, 0.717) is 33.9 Å². The van der Waals surface area contributed by atoms with Crippen LogP contribution < -0.4 is 0 Å². The van der Waals surface area contributed by atoms with Crippen molar-refractivity contribution in [2.75, 3.05) is 0 Å². The van der Waals surface area contributed by atoms with Crippen molar-refractivity contribution in [1.82, 2.24) is 18.3 Å². The molecule has 0 amide bonds. The first-order valence-electron chi connectivity index (χ1n) is 28.6. The molecule has 0 N–H and O–H groups in total. The van der Waals surface area contributed by atoms with Gasteiger partial charge in [-0.2, -0.15) is 10.5 Å². The Balaban J connectivity index is 1.15. The molecule has 0 saturated heterocycles. The molecule has 0 atom stereocenters. The average molecular weight is 1100 g/mol. The van der Waals surface area contributed by atoms with Crippen LogP contribution in [0.3, 0.4) is 0 Å². The summed E-state index contributed by atoms with van der Waals surface area (Å²) in [6, 6.07) is 101. The molecule has 0 aliphatic heterocycles. The number of hydrogen-bond donors (Lipinski definition) is 0. The van der Waals surface area contributed by atoms with Crippen LogP contribution in [-0.4, -0.2) is 18.3 Å². The van der Waals surface area contributed by atoms with Crippen molar-refractivity contribution in [3.63, 3.8) is 0 Å². The Morgan fingerprint density at radius 2 is 0.694 bits per heavy atom. The standard InChI is InChI=1S/C78H44N6S/c79-45-62-73(81-64-31-13-6-24-52(64)53-25-7-14-32-65(53)81)63(46-80)75(83-68-35-17-10-28-56(68)57-29-11-18-36-69(57)83)77(74(62)82-66-33-15-8-26-54(66)55-27-9-16-34-67(55)82)84-70-44-49(72-50-23-5-4-22-48(50)38-40-51(72)47-20-2-1-3-21-47)39-41-58(70)60-42-43-61-59-30-12-19-37-71(59)85-78(61)76(60)84/h1-44H. The Labute approximate surface area is 490 Å². The Bertz CT molecular complexity index is 5700. The van der Waals surface area contributed by atoms with E-state index in [1.807, 2.05) is 0 Å². The van der Waals surface area contributed by atoms with E-state index < -0.39 is 0 Å². The molecule has 6 nitrogen and oxygen atoms in total. The zero-order valence-electron chi connectivity index (χ0n) is 45.5. The quantitative estimate of drug-likeness (QED) is 0.166. The number of rotatable bonds is 6. The van der Waals surface area contributed by atoms with E-state index in [1.54, 1.807) is 11.3 Å². The second kappa shape index (κ2) is 18.0. The largest absolute Gasteiger partial charge is 0.306 e. The first kappa shape index (κ1) is 47.2. The summed E-state index contributed by atoms with van der Waals surface area (Å²) in [6.45, 7) is 0. The highest BCUT2D eigenvalue weighted by Crippen LogP contribution is 2.52. The summed E-state index contributed by atoms with van der Waals surface area (Å²) in [4.78, 5) is 0. The predicted octanol–water partition coefficient (Wildman–Crippen LogP) is 20.7. The molecule has 5 heterocycles. The molecule has 0 unspecified atom stereocenters. The number of fused-ring (bicyclic) bond motifs is 17. The highest BCUT2D eigenvalue weighted by atomic mass is 32.1. The van der Waals surface area contributed by atoms with Crippen LogP contribution in [0, 0.1) is 22.7 Å². The van der Waals surface area contributed by atoms with Gasteiger partial charge in [0.25, 0.3) is 0 Å². The second-order valence-corrected chi connectivity index (χ2v) is 23.1. The molecule has 7 heteroatoms. The second-order valence-electron chi connectivity index (χ2n) is 22.1. The Morgan fingerprint density at radius 1 is 0.282 bits per heavy atom. The van der Waals surface area contributed by atoms with Crippen molar-refractivity contribution in [1.29, 1.82) is 10.5 Å². The Hall–Kier alpha value is -11.5. The van der Waals surface area contributed by atoms with Gasteiger partial charge >= 0.3 is 0 Å². The lowest BCUT2D eigenvalue weighted by Gasteiger charge is -2.27. The zero-order chi connectivity index (χ0) is 56.0. The molecule has 392 valence electrons. The first-order chi connectivity index (χ1) is 42.2. The summed E-state index contributed by atoms with van der Waals surface area (Å²) in [6.07, 6.45) is 0. The number of nitriles is 2. The Morgan fingerprint density at radius 3 is 1.21 bits per heavy atom. The minimum absolute atomic E-state index is 0.365. The topological polar surface area (TPSA) is 67.3 Å². The number of nitrogens with zero attached hydrogens (tertiary/aromatic N) is 6. The molecule has 5 aromatic heterocycles. The van der Waals surface area contributed by atoms with Crippen molar-refractivity contribution in [2.45, 2.75) is 0 Å². The van der Waals surface area contributed by atoms with Gasteiger partial charge in [-0.1, -0.05) is 218 Å². The normalized spacial score (nSPS) is 12.0. The number of thiophene rings is 1. The van der Waals surface area contributed by atoms with Crippen molar-refractivity contribution in [3.05, 3.63) is 278 Å². The van der Waals surface area contributed by atoms with Gasteiger partial charge in [0.2, 0.25) is 0 Å². The zero-order valence-corrected chi connectivity index (χ0v) is 46.3. The van der Waals surface area contributed by atoms with Crippen LogP contribution in [0.2, 0.25) is 0 Å². The van der Waals surface area contributed by atoms with Crippen molar-refractivity contribution in [2.24, 2.45) is 0 Å². The maximum absolute atomic E-state index is 12.8. The lowest BCUT2D eigenvalue weighted by Crippen LogP contribution is -2.17. The van der Waals surface area contributed by atoms with Crippen LogP contribution in [0.25, 0.3) is 163 Å². The van der Waals surface area contributed by atoms with Gasteiger partial charge in [0, 0.05) is 58.6 Å². The van der Waals surface area contributed by atoms with Gasteiger partial charge in [0.05, 0.1) is 71.6 Å². The summed E-state index contributed by atoms with van der Waals surface area (Å²) in [5, 5.41) is 38.6. The van der Waals surface area contributed by atoms with Crippen LogP contribution in [-0.2, 0) is 0 Å². The van der Waals surface area contributed by atoms with E-state index in [4.69, 9.17) is 0 Å². The molecule has 85 heavy (non-hydrogen) atoms. The highest BCUT2D eigenvalue weighted by molar-refractivity contribution is 7.26. The molecule has 13 aromatic carbocycles. The molecular formula is C78H44N6S. The first-order valence-corrected chi connectivity index (χ1v) is 29.4. The van der Waals surface area contributed by atoms with E-state index in [0.717, 1.165) is 130 Å². The molecular weight excluding hydrogens is 1050 g/mol. The third-order valence-corrected chi connectivity index (χ3v) is 19.0. The van der Waals surface area contributed by atoms with Crippen molar-refractivity contribution in [3.8, 4) is 57.1 Å². The highest BCUT2D eigenvalue weighted by Gasteiger charge is 2.35. The van der Waals surface area contributed by atoms with E-state index in [-0.39, 0.29) is 0 Å². The molecule has 0 radical (unpaired) electrons. The van der Waals surface area contributed by atoms with Crippen LogP contribution >= 0.6 is 11.3 Å². The molecule has 0 saturated carbocycles. The smallest absolute Gasteiger partial charge is 0.104 e. The summed E-state index contributed by atoms with van der Waals surface area (Å²) in [7, 11) is 0.